The number of nitrogens with zero attached hydrogens (tertiary/aromatic N) is 1. The van der Waals surface area contributed by atoms with E-state index in [2.05, 4.69) is 5.32 Å². The molecule has 0 aromatic heterocycles. The number of aliphatic carboxylic acids is 1. The first-order valence-electron chi connectivity index (χ1n) is 6.98. The zero-order valence-corrected chi connectivity index (χ0v) is 11.6. The van der Waals surface area contributed by atoms with Gasteiger partial charge in [-0.15, -0.1) is 0 Å². The second-order valence-corrected chi connectivity index (χ2v) is 5.03. The zero-order valence-electron chi connectivity index (χ0n) is 11.6. The van der Waals surface area contributed by atoms with E-state index in [1.54, 1.807) is 6.07 Å². The van der Waals surface area contributed by atoms with Crippen LogP contribution in [0.15, 0.2) is 24.3 Å². The molecule has 1 aliphatic heterocycles. The second kappa shape index (κ2) is 6.41. The number of carbonyl (C=O) groups is 2. The van der Waals surface area contributed by atoms with Crippen molar-refractivity contribution in [3.05, 3.63) is 29.8 Å². The molecule has 1 fully saturated rings. The maximum atomic E-state index is 11.8. The lowest BCUT2D eigenvalue weighted by molar-refractivity contribution is -0.141. The highest BCUT2D eigenvalue weighted by Gasteiger charge is 2.25. The molecular formula is C15H20N2O3. The molecule has 1 atom stereocenters. The summed E-state index contributed by atoms with van der Waals surface area (Å²) in [6.07, 6.45) is 1.59. The maximum Gasteiger partial charge on any atom is 0.308 e. The lowest BCUT2D eigenvalue weighted by Crippen LogP contribution is -2.38. The molecule has 108 valence electrons. The smallest absolute Gasteiger partial charge is 0.308 e. The number of amides is 1. The van der Waals surface area contributed by atoms with Crippen LogP contribution in [0, 0.1) is 5.92 Å². The Kier molecular flexibility index (Phi) is 4.61. The van der Waals surface area contributed by atoms with E-state index < -0.39 is 5.97 Å². The maximum absolute atomic E-state index is 11.8. The number of hydrogen-bond donors (Lipinski definition) is 2. The molecular weight excluding hydrogens is 256 g/mol. The lowest BCUT2D eigenvalue weighted by atomic mass is 9.97. The summed E-state index contributed by atoms with van der Waals surface area (Å²) in [7, 11) is 0. The lowest BCUT2D eigenvalue weighted by Gasteiger charge is -2.32. The first kappa shape index (κ1) is 14.4. The van der Waals surface area contributed by atoms with E-state index in [0.717, 1.165) is 25.1 Å². The average molecular weight is 276 g/mol. The molecule has 1 heterocycles. The van der Waals surface area contributed by atoms with Crippen LogP contribution in [0.5, 0.6) is 0 Å². The number of carboxylic acids is 1. The number of hydrogen-bond acceptors (Lipinski definition) is 3. The molecule has 1 unspecified atom stereocenters. The van der Waals surface area contributed by atoms with Crippen molar-refractivity contribution in [2.75, 3.05) is 24.5 Å². The summed E-state index contributed by atoms with van der Waals surface area (Å²) in [4.78, 5) is 25.0. The zero-order chi connectivity index (χ0) is 14.5. The van der Waals surface area contributed by atoms with Gasteiger partial charge in [0.15, 0.2) is 0 Å². The Labute approximate surface area is 118 Å². The molecule has 5 nitrogen and oxygen atoms in total. The largest absolute Gasteiger partial charge is 0.481 e. The summed E-state index contributed by atoms with van der Waals surface area (Å²) in [5, 5.41) is 11.9. The molecule has 1 saturated heterocycles. The van der Waals surface area contributed by atoms with E-state index in [9.17, 15) is 9.59 Å². The number of nitrogens with one attached hydrogen (secondary N) is 1. The summed E-state index contributed by atoms with van der Waals surface area (Å²) in [6.45, 7) is 3.81. The molecule has 0 saturated carbocycles. The van der Waals surface area contributed by atoms with Gasteiger partial charge in [-0.25, -0.2) is 0 Å². The van der Waals surface area contributed by atoms with E-state index >= 15 is 0 Å². The number of carbonyl (C=O) groups excluding carboxylic acids is 1. The molecule has 5 heteroatoms. The first-order chi connectivity index (χ1) is 9.61. The Morgan fingerprint density at radius 2 is 2.25 bits per heavy atom. The van der Waals surface area contributed by atoms with E-state index in [4.69, 9.17) is 5.11 Å². The van der Waals surface area contributed by atoms with Gasteiger partial charge in [-0.1, -0.05) is 6.07 Å². The Balaban J connectivity index is 2.14. The normalized spacial score (nSPS) is 18.6. The van der Waals surface area contributed by atoms with Gasteiger partial charge in [0.25, 0.3) is 5.91 Å². The standard InChI is InChI=1S/C15H20N2O3/c1-2-16-14(18)11-5-3-7-13(9-11)17-8-4-6-12(10-17)15(19)20/h3,5,7,9,12H,2,4,6,8,10H2,1H3,(H,16,18)(H,19,20). The number of carboxylic acid groups (broad SMARTS) is 1. The fourth-order valence-corrected chi connectivity index (χ4v) is 2.52. The highest BCUT2D eigenvalue weighted by Crippen LogP contribution is 2.24. The van der Waals surface area contributed by atoms with E-state index in [1.165, 1.54) is 0 Å². The summed E-state index contributed by atoms with van der Waals surface area (Å²) in [6, 6.07) is 7.36. The summed E-state index contributed by atoms with van der Waals surface area (Å²) in [5.41, 5.74) is 1.53. The van der Waals surface area contributed by atoms with Gasteiger partial charge < -0.3 is 15.3 Å². The quantitative estimate of drug-likeness (QED) is 0.879. The minimum atomic E-state index is -0.741. The SMILES string of the molecule is CCNC(=O)c1cccc(N2CCCC(C(=O)O)C2)c1. The van der Waals surface area contributed by atoms with Gasteiger partial charge in [0.1, 0.15) is 0 Å². The minimum Gasteiger partial charge on any atom is -0.481 e. The average Bonchev–Trinajstić information content (AvgIpc) is 2.48. The molecule has 0 spiro atoms. The van der Waals surface area contributed by atoms with Gasteiger partial charge in [0.2, 0.25) is 0 Å². The molecule has 0 aliphatic carbocycles. The van der Waals surface area contributed by atoms with Gasteiger partial charge in [-0.2, -0.15) is 0 Å². The fraction of sp³-hybridized carbons (Fsp3) is 0.467. The summed E-state index contributed by atoms with van der Waals surface area (Å²) in [5.74, 6) is -1.16. The highest BCUT2D eigenvalue weighted by atomic mass is 16.4. The molecule has 2 rings (SSSR count). The number of rotatable bonds is 4. The van der Waals surface area contributed by atoms with Crippen LogP contribution in [0.1, 0.15) is 30.1 Å². The Hall–Kier alpha value is -2.04. The van der Waals surface area contributed by atoms with Crippen molar-refractivity contribution in [3.63, 3.8) is 0 Å². The number of piperidine rings is 1. The molecule has 0 bridgehead atoms. The molecule has 2 N–H and O–H groups in total. The van der Waals surface area contributed by atoms with Crippen LogP contribution in [0.25, 0.3) is 0 Å². The van der Waals surface area contributed by atoms with Gasteiger partial charge in [-0.3, -0.25) is 9.59 Å². The second-order valence-electron chi connectivity index (χ2n) is 5.03. The summed E-state index contributed by atoms with van der Waals surface area (Å²) >= 11 is 0. The van der Waals surface area contributed by atoms with Crippen molar-refractivity contribution < 1.29 is 14.7 Å². The van der Waals surface area contributed by atoms with E-state index in [0.29, 0.717) is 18.7 Å². The van der Waals surface area contributed by atoms with Gasteiger partial charge in [0, 0.05) is 30.9 Å². The van der Waals surface area contributed by atoms with Crippen LogP contribution in [0.3, 0.4) is 0 Å². The van der Waals surface area contributed by atoms with Gasteiger partial charge >= 0.3 is 5.97 Å². The third-order valence-electron chi connectivity index (χ3n) is 3.58. The Bertz CT molecular complexity index is 502. The van der Waals surface area contributed by atoms with E-state index in [1.807, 2.05) is 30.0 Å². The fourth-order valence-electron chi connectivity index (χ4n) is 2.52. The van der Waals surface area contributed by atoms with Crippen LogP contribution in [0.2, 0.25) is 0 Å². The molecule has 1 aromatic carbocycles. The van der Waals surface area contributed by atoms with Crippen molar-refractivity contribution in [3.8, 4) is 0 Å². The predicted octanol–water partition coefficient (Wildman–Crippen LogP) is 1.74. The van der Waals surface area contributed by atoms with Crippen molar-refractivity contribution in [2.24, 2.45) is 5.92 Å². The Morgan fingerprint density at radius 1 is 1.45 bits per heavy atom. The van der Waals surface area contributed by atoms with Crippen LogP contribution >= 0.6 is 0 Å². The molecule has 1 amide bonds. The highest BCUT2D eigenvalue weighted by molar-refractivity contribution is 5.95. The van der Waals surface area contributed by atoms with Crippen molar-refractivity contribution in [1.82, 2.24) is 5.32 Å². The van der Waals surface area contributed by atoms with Crippen molar-refractivity contribution >= 4 is 17.6 Å². The number of anilines is 1. The third-order valence-corrected chi connectivity index (χ3v) is 3.58. The number of benzene rings is 1. The molecule has 1 aliphatic rings. The van der Waals surface area contributed by atoms with Gasteiger partial charge in [-0.05, 0) is 38.0 Å². The van der Waals surface area contributed by atoms with Crippen LogP contribution in [-0.4, -0.2) is 36.6 Å². The van der Waals surface area contributed by atoms with Gasteiger partial charge in [0.05, 0.1) is 5.92 Å². The topological polar surface area (TPSA) is 69.6 Å². The van der Waals surface area contributed by atoms with Crippen molar-refractivity contribution in [2.45, 2.75) is 19.8 Å². The molecule has 0 radical (unpaired) electrons. The molecule has 1 aromatic rings. The van der Waals surface area contributed by atoms with Crippen LogP contribution in [-0.2, 0) is 4.79 Å². The third kappa shape index (κ3) is 3.29. The van der Waals surface area contributed by atoms with Crippen LogP contribution in [0.4, 0.5) is 5.69 Å². The van der Waals surface area contributed by atoms with Crippen molar-refractivity contribution in [1.29, 1.82) is 0 Å². The minimum absolute atomic E-state index is 0.0962. The Morgan fingerprint density at radius 3 is 2.95 bits per heavy atom. The molecule has 20 heavy (non-hydrogen) atoms. The summed E-state index contributed by atoms with van der Waals surface area (Å²) < 4.78 is 0. The first-order valence-corrected chi connectivity index (χ1v) is 6.98. The monoisotopic (exact) mass is 276 g/mol. The van der Waals surface area contributed by atoms with E-state index in [-0.39, 0.29) is 11.8 Å². The predicted molar refractivity (Wildman–Crippen MR) is 77.0 cm³/mol. The van der Waals surface area contributed by atoms with Crippen LogP contribution < -0.4 is 10.2 Å².